The summed E-state index contributed by atoms with van der Waals surface area (Å²) in [7, 11) is 4.09. The summed E-state index contributed by atoms with van der Waals surface area (Å²) in [6.45, 7) is 38.7. The number of allylic oxidation sites excluding steroid dienone is 1. The molecule has 10 rings (SSSR count). The number of hydrogen-bond acceptors (Lipinski definition) is 22. The molecule has 0 saturated carbocycles. The van der Waals surface area contributed by atoms with Crippen LogP contribution in [0.2, 0.25) is 0 Å². The highest BCUT2D eigenvalue weighted by atomic mass is 32.2. The summed E-state index contributed by atoms with van der Waals surface area (Å²) in [5.74, 6) is -0.683. The number of likely N-dealkylation sites (tertiary alicyclic amines) is 4. The molecular weight excluding hydrogens is 1520 g/mol. The monoisotopic (exact) mass is 1660 g/mol. The number of amides is 6. The normalized spacial score (nSPS) is 21.0. The molecule has 0 radical (unpaired) electrons. The second-order valence-corrected chi connectivity index (χ2v) is 38.5. The van der Waals surface area contributed by atoms with Gasteiger partial charge < -0.3 is 83.6 Å². The van der Waals surface area contributed by atoms with Crippen LogP contribution in [-0.4, -0.2) is 231 Å². The van der Waals surface area contributed by atoms with Crippen LogP contribution in [0.4, 0.5) is 19.2 Å². The Morgan fingerprint density at radius 2 is 0.752 bits per heavy atom. The van der Waals surface area contributed by atoms with Gasteiger partial charge in [0.2, 0.25) is 11.8 Å². The largest absolute Gasteiger partial charge is 0.469 e. The van der Waals surface area contributed by atoms with E-state index in [4.69, 9.17) is 37.9 Å². The van der Waals surface area contributed by atoms with Crippen molar-refractivity contribution in [2.75, 3.05) is 107 Å². The van der Waals surface area contributed by atoms with Gasteiger partial charge in [-0.3, -0.25) is 28.8 Å². The quantitative estimate of drug-likeness (QED) is 0.0476. The molecule has 0 aliphatic carbocycles. The number of methoxy groups -OCH3 is 4. The van der Waals surface area contributed by atoms with E-state index in [0.29, 0.717) is 117 Å². The van der Waals surface area contributed by atoms with Crippen LogP contribution in [0.25, 0.3) is 0 Å². The molecule has 2 aromatic rings. The first kappa shape index (κ1) is 99.1. The molecule has 29 nitrogen and oxygen atoms in total. The summed E-state index contributed by atoms with van der Waals surface area (Å²) in [4.78, 5) is 137. The number of nitrogens with zero attached hydrogens (tertiary/aromatic N) is 5. The van der Waals surface area contributed by atoms with E-state index in [1.165, 1.54) is 39.6 Å². The Hall–Kier alpha value is -8.51. The number of piperidine rings is 6. The van der Waals surface area contributed by atoms with Gasteiger partial charge in [0.15, 0.2) is 0 Å². The van der Waals surface area contributed by atoms with Crippen LogP contribution in [0.3, 0.4) is 0 Å². The molecule has 30 heteroatoms. The molecule has 8 saturated heterocycles. The van der Waals surface area contributed by atoms with Crippen molar-refractivity contribution < 1.29 is 94.8 Å². The highest BCUT2D eigenvalue weighted by Gasteiger charge is 2.50. The number of carbonyl (C=O) groups excluding carboxylic acids is 11. The topological polar surface area (TPSA) is 352 Å². The summed E-state index contributed by atoms with van der Waals surface area (Å²) in [5, 5.41) is 13.0. The lowest BCUT2D eigenvalue weighted by Gasteiger charge is -2.39. The number of esters is 4. The summed E-state index contributed by atoms with van der Waals surface area (Å²) in [6.07, 6.45) is 13.7. The van der Waals surface area contributed by atoms with Gasteiger partial charge in [-0.25, -0.2) is 23.4 Å². The van der Waals surface area contributed by atoms with E-state index in [0.717, 1.165) is 71.0 Å². The van der Waals surface area contributed by atoms with Crippen molar-refractivity contribution in [2.24, 2.45) is 37.4 Å². The zero-order valence-electron chi connectivity index (χ0n) is 73.3. The summed E-state index contributed by atoms with van der Waals surface area (Å²) < 4.78 is 56.3. The molecule has 3 atom stereocenters. The zero-order chi connectivity index (χ0) is 87.4. The van der Waals surface area contributed by atoms with Gasteiger partial charge in [-0.1, -0.05) is 66.7 Å². The average molecular weight is 1660 g/mol. The molecule has 4 N–H and O–H groups in total. The third-order valence-electron chi connectivity index (χ3n) is 22.1. The molecule has 0 bridgehead atoms. The summed E-state index contributed by atoms with van der Waals surface area (Å²) >= 11 is 0. The van der Waals surface area contributed by atoms with Gasteiger partial charge in [0.05, 0.1) is 78.3 Å². The van der Waals surface area contributed by atoms with E-state index in [-0.39, 0.29) is 95.3 Å². The minimum absolute atomic E-state index is 0.0845. The lowest BCUT2D eigenvalue weighted by Crippen LogP contribution is -2.48. The van der Waals surface area contributed by atoms with Crippen molar-refractivity contribution in [1.82, 2.24) is 40.9 Å². The molecule has 8 aliphatic heterocycles. The lowest BCUT2D eigenvalue weighted by atomic mass is 9.76. The summed E-state index contributed by atoms with van der Waals surface area (Å²) in [6, 6.07) is 21.0. The number of carbonyl (C=O) groups is 11. The van der Waals surface area contributed by atoms with Crippen LogP contribution in [0, 0.1) is 33.0 Å². The van der Waals surface area contributed by atoms with Gasteiger partial charge in [-0.05, 0) is 244 Å². The van der Waals surface area contributed by atoms with Crippen molar-refractivity contribution in [2.45, 2.75) is 252 Å². The smallest absolute Gasteiger partial charge is 0.410 e. The Morgan fingerprint density at radius 1 is 0.453 bits per heavy atom. The minimum Gasteiger partial charge on any atom is -0.469 e. The molecule has 8 aliphatic rings. The van der Waals surface area contributed by atoms with Crippen LogP contribution in [0.1, 0.15) is 236 Å². The van der Waals surface area contributed by atoms with E-state index in [1.807, 2.05) is 119 Å². The Bertz CT molecular complexity index is 3490. The number of ether oxygens (including phenoxy) is 8. The predicted octanol–water partition coefficient (Wildman–Crippen LogP) is 12.7. The molecule has 2 aromatic carbocycles. The maximum atomic E-state index is 12.4. The van der Waals surface area contributed by atoms with Crippen LogP contribution in [-0.2, 0) is 82.4 Å². The van der Waals surface area contributed by atoms with E-state index >= 15 is 0 Å². The van der Waals surface area contributed by atoms with E-state index < -0.39 is 54.4 Å². The molecule has 656 valence electrons. The average Bonchev–Trinajstić information content (AvgIpc) is 1.37. The van der Waals surface area contributed by atoms with Crippen molar-refractivity contribution in [3.8, 4) is 0 Å². The van der Waals surface area contributed by atoms with E-state index in [1.54, 1.807) is 52.7 Å². The second-order valence-electron chi connectivity index (χ2n) is 36.5. The van der Waals surface area contributed by atoms with Crippen LogP contribution < -0.4 is 21.3 Å². The molecule has 6 amide bonds. The lowest BCUT2D eigenvalue weighted by molar-refractivity contribution is -0.157. The van der Waals surface area contributed by atoms with Crippen molar-refractivity contribution in [3.05, 3.63) is 84.4 Å². The van der Waals surface area contributed by atoms with Crippen molar-refractivity contribution in [3.63, 3.8) is 0 Å². The van der Waals surface area contributed by atoms with Gasteiger partial charge in [0.25, 0.3) is 0 Å². The maximum absolute atomic E-state index is 12.4. The first-order valence-corrected chi connectivity index (χ1v) is 42.2. The number of aldehydes is 1. The van der Waals surface area contributed by atoms with Crippen molar-refractivity contribution in [1.29, 1.82) is 0 Å². The molecule has 2 spiro atoms. The number of rotatable bonds is 13. The third-order valence-corrected chi connectivity index (χ3v) is 23.5. The predicted molar refractivity (Wildman–Crippen MR) is 446 cm³/mol. The Kier molecular flexibility index (Phi) is 37.2. The third kappa shape index (κ3) is 30.4. The molecule has 0 aromatic heterocycles. The zero-order valence-corrected chi connectivity index (χ0v) is 74.1. The highest BCUT2D eigenvalue weighted by molar-refractivity contribution is 7.85. The van der Waals surface area contributed by atoms with Gasteiger partial charge in [0, 0.05) is 65.0 Å². The second kappa shape index (κ2) is 44.0. The number of nitrogens with one attached hydrogen (secondary N) is 4. The fourth-order valence-electron chi connectivity index (χ4n) is 15.3. The van der Waals surface area contributed by atoms with Crippen LogP contribution in [0.5, 0.6) is 0 Å². The van der Waals surface area contributed by atoms with E-state index in [9.17, 15) is 56.9 Å². The standard InChI is InChI=1S/C18H32N2O5S.C15H25NO4.2C14H18N2O.C14H23NO5.C12H21NO4/c1-16(2,3)25-15(22)20-12-9-18(10-13-20,14(21)24-7)8-11-19-26(23)17(4,5)6;1-6-7-15(12(17)19-5)8-10-16(11-9-15)13(18)20-14(2,3)4;2*17-13-14(6-8-15-9-7-14)10-12(16-13)11-4-2-1-3-5-11;1-13(2,3)20-12(18)15-8-5-14(6-9-15,7-10-16)11(17)19-4;1-12(2,3)17-11(15)13-7-5-9(6-8-13)10(14)16-4/h11H,8-10,12-13H2,1-7H3;6H,1,7-11H2,2-5H3;2*1-5,12,15H,6-10H2,(H,16,17);10H,5-9H2,1-4H3;9H,5-8H2,1-4H3. The highest BCUT2D eigenvalue weighted by Crippen LogP contribution is 2.46. The van der Waals surface area contributed by atoms with Crippen LogP contribution >= 0.6 is 0 Å². The number of hydrogen-bond donors (Lipinski definition) is 4. The molecular formula is C87H137N9O20S. The Labute approximate surface area is 696 Å². The SMILES string of the molecule is C=CCC1(C(=O)OC)CCN(C(=O)OC(C)(C)C)CC1.COC(=O)C1(CC=NS(=O)C(C)(C)C)CCN(C(=O)OC(C)(C)C)CC1.COC(=O)C1(CC=O)CCN(C(=O)OC(C)(C)C)CC1.COC(=O)C1CCN(C(=O)OC(C)(C)C)CC1.O=C1NC(c2ccccc2)CC12CCNCC2.O=C1NC(c2ccccc2)CC12CCNCC2. The Balaban J connectivity index is 0.000000252. The number of benzene rings is 2. The van der Waals surface area contributed by atoms with E-state index in [2.05, 4.69) is 56.5 Å². The Morgan fingerprint density at radius 3 is 1.03 bits per heavy atom. The van der Waals surface area contributed by atoms with Crippen LogP contribution in [0.15, 0.2) is 77.7 Å². The van der Waals surface area contributed by atoms with Gasteiger partial charge in [-0.15, -0.1) is 6.58 Å². The van der Waals surface area contributed by atoms with Crippen molar-refractivity contribution >= 4 is 83.6 Å². The maximum Gasteiger partial charge on any atom is 0.410 e. The van der Waals surface area contributed by atoms with Gasteiger partial charge in [0.1, 0.15) is 39.7 Å². The summed E-state index contributed by atoms with van der Waals surface area (Å²) in [5.41, 5.74) is -1.92. The van der Waals surface area contributed by atoms with Gasteiger partial charge in [-0.2, -0.15) is 4.40 Å². The fraction of sp³-hybridized carbons (Fsp3) is 0.701. The first-order valence-electron chi connectivity index (χ1n) is 41.1. The molecule has 8 fully saturated rings. The molecule has 117 heavy (non-hydrogen) atoms. The van der Waals surface area contributed by atoms with Gasteiger partial charge >= 0.3 is 48.3 Å². The molecule has 3 unspecified atom stereocenters. The fourth-order valence-corrected chi connectivity index (χ4v) is 15.8. The molecule has 8 heterocycles. The minimum atomic E-state index is -1.37. The first-order chi connectivity index (χ1) is 54.7.